The Labute approximate surface area is 211 Å². The minimum Gasteiger partial charge on any atom is -0.497 e. The van der Waals surface area contributed by atoms with Gasteiger partial charge in [0, 0.05) is 56.1 Å². The van der Waals surface area contributed by atoms with Gasteiger partial charge in [0.05, 0.1) is 20.3 Å². The number of esters is 3. The van der Waals surface area contributed by atoms with Gasteiger partial charge in [0.25, 0.3) is 5.60 Å². The molecular weight excluding hydrogens is 464 g/mol. The first-order valence-electron chi connectivity index (χ1n) is 12.4. The van der Waals surface area contributed by atoms with Crippen LogP contribution in [0.3, 0.4) is 0 Å². The predicted octanol–water partition coefficient (Wildman–Crippen LogP) is 2.21. The lowest BCUT2D eigenvalue weighted by atomic mass is 9.47. The zero-order valence-electron chi connectivity index (χ0n) is 21.7. The highest BCUT2D eigenvalue weighted by molar-refractivity contribution is 5.89. The van der Waals surface area contributed by atoms with Crippen molar-refractivity contribution < 1.29 is 33.3 Å². The van der Waals surface area contributed by atoms with Crippen LogP contribution in [-0.2, 0) is 34.0 Å². The van der Waals surface area contributed by atoms with Crippen molar-refractivity contribution in [3.8, 4) is 5.75 Å². The number of benzene rings is 1. The van der Waals surface area contributed by atoms with Gasteiger partial charge in [-0.2, -0.15) is 0 Å². The molecule has 6 atom stereocenters. The maximum absolute atomic E-state index is 14.0. The number of ether oxygens (including phenoxy) is 4. The van der Waals surface area contributed by atoms with Crippen LogP contribution in [0.1, 0.15) is 39.2 Å². The van der Waals surface area contributed by atoms with Crippen LogP contribution >= 0.6 is 0 Å². The van der Waals surface area contributed by atoms with E-state index in [0.717, 1.165) is 30.8 Å². The van der Waals surface area contributed by atoms with Crippen molar-refractivity contribution in [1.82, 2.24) is 4.90 Å². The van der Waals surface area contributed by atoms with E-state index in [2.05, 4.69) is 23.1 Å². The second-order valence-corrected chi connectivity index (χ2v) is 10.3. The van der Waals surface area contributed by atoms with Crippen LogP contribution < -0.4 is 9.64 Å². The molecule has 3 aliphatic heterocycles. The number of methoxy groups -OCH3 is 2. The Morgan fingerprint density at radius 2 is 1.86 bits per heavy atom. The number of hydrogen-bond acceptors (Lipinski definition) is 9. The second-order valence-electron chi connectivity index (χ2n) is 10.3. The van der Waals surface area contributed by atoms with Crippen LogP contribution in [0.15, 0.2) is 30.4 Å². The van der Waals surface area contributed by atoms with E-state index in [9.17, 15) is 14.4 Å². The standard InChI is InChI=1S/C27H34N2O7/c1-7-25-11-8-13-29-14-12-26(21(25)29)19-10-9-18(33-5)15-20(19)28(4)22(26)27(24(32)34-6,36-17(3)31)23(25)35-16(2)30/h8-11,15,21-23H,7,12-14H2,1-6H3/t21-,22+,23+,25+,26-,27-/m0/s1. The average molecular weight is 499 g/mol. The number of carbonyl (C=O) groups is 3. The minimum absolute atomic E-state index is 0.0974. The molecule has 5 rings (SSSR count). The van der Waals surface area contributed by atoms with Crippen molar-refractivity contribution >= 4 is 23.6 Å². The first-order chi connectivity index (χ1) is 17.1. The molecule has 1 aromatic carbocycles. The lowest BCUT2D eigenvalue weighted by Gasteiger charge is -2.64. The highest BCUT2D eigenvalue weighted by Gasteiger charge is 2.82. The molecule has 1 saturated heterocycles. The number of fused-ring (bicyclic) bond motifs is 1. The van der Waals surface area contributed by atoms with Gasteiger partial charge < -0.3 is 23.8 Å². The maximum Gasteiger partial charge on any atom is 0.356 e. The Kier molecular flexibility index (Phi) is 5.63. The van der Waals surface area contributed by atoms with Gasteiger partial charge in [-0.05, 0) is 31.0 Å². The SMILES string of the molecule is CC[C@]12C=CCN3CC[C@]4(c5ccc(OC)cc5N(C)[C@H]4[C@@](OC(C)=O)(C(=O)OC)[C@@H]1OC(C)=O)[C@@H]32. The molecule has 0 bridgehead atoms. The number of likely N-dealkylation sites (N-methyl/N-ethyl adjacent to an activating group) is 1. The fourth-order valence-electron chi connectivity index (χ4n) is 8.03. The fourth-order valence-corrected chi connectivity index (χ4v) is 8.03. The third-order valence-electron chi connectivity index (χ3n) is 8.90. The number of hydrogen-bond donors (Lipinski definition) is 0. The third-order valence-corrected chi connectivity index (χ3v) is 8.90. The van der Waals surface area contributed by atoms with Gasteiger partial charge in [-0.1, -0.05) is 25.1 Å². The summed E-state index contributed by atoms with van der Waals surface area (Å²) in [6.07, 6.45) is 4.35. The Morgan fingerprint density at radius 1 is 1.11 bits per heavy atom. The Hall–Kier alpha value is -3.07. The lowest BCUT2D eigenvalue weighted by Crippen LogP contribution is -2.82. The molecule has 3 heterocycles. The van der Waals surface area contributed by atoms with Crippen molar-refractivity contribution in [2.24, 2.45) is 5.41 Å². The summed E-state index contributed by atoms with van der Waals surface area (Å²) in [5.41, 5.74) is -1.35. The van der Waals surface area contributed by atoms with Gasteiger partial charge in [0.15, 0.2) is 6.10 Å². The molecule has 9 heteroatoms. The smallest absolute Gasteiger partial charge is 0.356 e. The molecule has 1 aliphatic carbocycles. The molecule has 0 aromatic heterocycles. The summed E-state index contributed by atoms with van der Waals surface area (Å²) >= 11 is 0. The minimum atomic E-state index is -1.91. The van der Waals surface area contributed by atoms with E-state index in [1.54, 1.807) is 7.11 Å². The van der Waals surface area contributed by atoms with Crippen molar-refractivity contribution in [1.29, 1.82) is 0 Å². The molecule has 1 aromatic rings. The summed E-state index contributed by atoms with van der Waals surface area (Å²) < 4.78 is 23.1. The highest BCUT2D eigenvalue weighted by atomic mass is 16.6. The topological polar surface area (TPSA) is 94.6 Å². The lowest BCUT2D eigenvalue weighted by molar-refractivity contribution is -0.239. The maximum atomic E-state index is 14.0. The molecule has 9 nitrogen and oxygen atoms in total. The molecule has 0 amide bonds. The van der Waals surface area contributed by atoms with Crippen LogP contribution in [0.4, 0.5) is 5.69 Å². The quantitative estimate of drug-likeness (QED) is 0.344. The van der Waals surface area contributed by atoms with Crippen LogP contribution in [0, 0.1) is 5.41 Å². The van der Waals surface area contributed by atoms with E-state index in [4.69, 9.17) is 18.9 Å². The largest absolute Gasteiger partial charge is 0.497 e. The van der Waals surface area contributed by atoms with Crippen molar-refractivity contribution in [3.05, 3.63) is 35.9 Å². The van der Waals surface area contributed by atoms with Crippen molar-refractivity contribution in [2.45, 2.75) is 62.8 Å². The third kappa shape index (κ3) is 2.83. The second kappa shape index (κ2) is 8.23. The van der Waals surface area contributed by atoms with Crippen molar-refractivity contribution in [2.75, 3.05) is 39.3 Å². The van der Waals surface area contributed by atoms with E-state index in [1.165, 1.54) is 21.0 Å². The van der Waals surface area contributed by atoms with E-state index >= 15 is 0 Å². The van der Waals surface area contributed by atoms with Gasteiger partial charge in [-0.15, -0.1) is 0 Å². The normalized spacial score (nSPS) is 35.9. The van der Waals surface area contributed by atoms with Gasteiger partial charge >= 0.3 is 17.9 Å². The summed E-state index contributed by atoms with van der Waals surface area (Å²) in [6.45, 7) is 6.16. The first-order valence-corrected chi connectivity index (χ1v) is 12.4. The Balaban J connectivity index is 1.91. The monoisotopic (exact) mass is 498 g/mol. The fraction of sp³-hybridized carbons (Fsp3) is 0.593. The number of rotatable bonds is 5. The Morgan fingerprint density at radius 3 is 2.47 bits per heavy atom. The van der Waals surface area contributed by atoms with Gasteiger partial charge in [0.2, 0.25) is 0 Å². The van der Waals surface area contributed by atoms with Gasteiger partial charge in [-0.25, -0.2) is 4.79 Å². The molecule has 4 aliphatic rings. The molecular formula is C27H34N2O7. The van der Waals surface area contributed by atoms with E-state index in [1.807, 2.05) is 31.0 Å². The van der Waals surface area contributed by atoms with Gasteiger partial charge in [-0.3, -0.25) is 14.5 Å². The van der Waals surface area contributed by atoms with E-state index in [-0.39, 0.29) is 6.04 Å². The average Bonchev–Trinajstić information content (AvgIpc) is 3.36. The molecule has 2 fully saturated rings. The molecule has 0 radical (unpaired) electrons. The van der Waals surface area contributed by atoms with Crippen LogP contribution in [0.25, 0.3) is 0 Å². The summed E-state index contributed by atoms with van der Waals surface area (Å²) in [6, 6.07) is 5.18. The summed E-state index contributed by atoms with van der Waals surface area (Å²) in [4.78, 5) is 43.8. The molecule has 36 heavy (non-hydrogen) atoms. The van der Waals surface area contributed by atoms with Crippen LogP contribution in [0.2, 0.25) is 0 Å². The molecule has 1 spiro atoms. The molecule has 1 saturated carbocycles. The summed E-state index contributed by atoms with van der Waals surface area (Å²) in [5, 5.41) is 0. The van der Waals surface area contributed by atoms with Crippen molar-refractivity contribution in [3.63, 3.8) is 0 Å². The predicted molar refractivity (Wildman–Crippen MR) is 131 cm³/mol. The zero-order chi connectivity index (χ0) is 26.0. The molecule has 0 N–H and O–H groups in total. The van der Waals surface area contributed by atoms with Crippen LogP contribution in [-0.4, -0.2) is 81.0 Å². The van der Waals surface area contributed by atoms with Crippen LogP contribution in [0.5, 0.6) is 5.75 Å². The summed E-state index contributed by atoms with van der Waals surface area (Å²) in [5.74, 6) is -1.25. The molecule has 194 valence electrons. The molecule has 0 unspecified atom stereocenters. The van der Waals surface area contributed by atoms with E-state index < -0.39 is 46.5 Å². The number of nitrogens with zero attached hydrogens (tertiary/aromatic N) is 2. The number of anilines is 1. The highest BCUT2D eigenvalue weighted by Crippen LogP contribution is 2.68. The van der Waals surface area contributed by atoms with Gasteiger partial charge in [0.1, 0.15) is 5.75 Å². The number of carbonyl (C=O) groups excluding carboxylic acids is 3. The first kappa shape index (κ1) is 24.6. The Bertz CT molecular complexity index is 1150. The van der Waals surface area contributed by atoms with E-state index in [0.29, 0.717) is 12.2 Å². The zero-order valence-corrected chi connectivity index (χ0v) is 21.7. The summed E-state index contributed by atoms with van der Waals surface area (Å²) in [7, 11) is 4.78.